The third-order valence-electron chi connectivity index (χ3n) is 4.47. The van der Waals surface area contributed by atoms with Gasteiger partial charge in [0, 0.05) is 29.1 Å². The number of carbonyl (C=O) groups excluding carboxylic acids is 2. The minimum absolute atomic E-state index is 0.102. The van der Waals surface area contributed by atoms with Gasteiger partial charge in [-0.3, -0.25) is 9.59 Å². The molecule has 0 saturated heterocycles. The number of rotatable bonds is 5. The zero-order valence-electron chi connectivity index (χ0n) is 16.2. The zero-order valence-corrected chi connectivity index (χ0v) is 17.7. The SMILES string of the molecule is CC(C)CCNC(=O)c1ccc2c(c1)N(C)C(=O)C(=Cc1cccc(Cl)c1)S2. The van der Waals surface area contributed by atoms with E-state index in [1.165, 1.54) is 11.8 Å². The number of nitrogens with one attached hydrogen (secondary N) is 1. The van der Waals surface area contributed by atoms with Gasteiger partial charge in [0.2, 0.25) is 0 Å². The highest BCUT2D eigenvalue weighted by Crippen LogP contribution is 2.42. The zero-order chi connectivity index (χ0) is 20.3. The maximum absolute atomic E-state index is 12.8. The van der Waals surface area contributed by atoms with E-state index in [-0.39, 0.29) is 11.8 Å². The fourth-order valence-electron chi connectivity index (χ4n) is 2.86. The van der Waals surface area contributed by atoms with Gasteiger partial charge in [0.05, 0.1) is 10.6 Å². The van der Waals surface area contributed by atoms with E-state index in [0.29, 0.717) is 28.0 Å². The summed E-state index contributed by atoms with van der Waals surface area (Å²) in [5, 5.41) is 3.57. The van der Waals surface area contributed by atoms with E-state index in [0.717, 1.165) is 22.6 Å². The van der Waals surface area contributed by atoms with Gasteiger partial charge in [-0.2, -0.15) is 0 Å². The Morgan fingerprint density at radius 2 is 2.04 bits per heavy atom. The number of hydrogen-bond acceptors (Lipinski definition) is 3. The maximum atomic E-state index is 12.8. The Morgan fingerprint density at radius 1 is 1.25 bits per heavy atom. The van der Waals surface area contributed by atoms with Crippen LogP contribution in [0.2, 0.25) is 5.02 Å². The number of carbonyl (C=O) groups is 2. The number of benzene rings is 2. The van der Waals surface area contributed by atoms with Gasteiger partial charge in [-0.15, -0.1) is 0 Å². The predicted molar refractivity (Wildman–Crippen MR) is 117 cm³/mol. The van der Waals surface area contributed by atoms with Crippen molar-refractivity contribution in [1.82, 2.24) is 5.32 Å². The number of fused-ring (bicyclic) bond motifs is 1. The fourth-order valence-corrected chi connectivity index (χ4v) is 4.15. The molecule has 4 nitrogen and oxygen atoms in total. The van der Waals surface area contributed by atoms with Gasteiger partial charge in [-0.1, -0.05) is 49.3 Å². The summed E-state index contributed by atoms with van der Waals surface area (Å²) in [5.41, 5.74) is 2.18. The Hall–Kier alpha value is -2.24. The van der Waals surface area contributed by atoms with E-state index in [9.17, 15) is 9.59 Å². The summed E-state index contributed by atoms with van der Waals surface area (Å²) < 4.78 is 0. The summed E-state index contributed by atoms with van der Waals surface area (Å²) in [4.78, 5) is 28.3. The molecule has 1 aliphatic heterocycles. The van der Waals surface area contributed by atoms with Crippen LogP contribution in [-0.4, -0.2) is 25.4 Å². The van der Waals surface area contributed by atoms with Crippen molar-refractivity contribution in [3.05, 3.63) is 63.5 Å². The summed E-state index contributed by atoms with van der Waals surface area (Å²) in [6.07, 6.45) is 2.77. The number of anilines is 1. The molecule has 0 aromatic heterocycles. The number of nitrogens with zero attached hydrogens (tertiary/aromatic N) is 1. The predicted octanol–water partition coefficient (Wildman–Crippen LogP) is 5.23. The van der Waals surface area contributed by atoms with E-state index in [1.54, 1.807) is 30.1 Å². The molecule has 2 amide bonds. The summed E-state index contributed by atoms with van der Waals surface area (Å²) in [5.74, 6) is 0.318. The summed E-state index contributed by atoms with van der Waals surface area (Å²) in [6, 6.07) is 12.9. The van der Waals surface area contributed by atoms with Crippen LogP contribution >= 0.6 is 23.4 Å². The lowest BCUT2D eigenvalue weighted by molar-refractivity contribution is -0.114. The maximum Gasteiger partial charge on any atom is 0.264 e. The van der Waals surface area contributed by atoms with E-state index in [2.05, 4.69) is 19.2 Å². The molecule has 1 heterocycles. The minimum Gasteiger partial charge on any atom is -0.352 e. The lowest BCUT2D eigenvalue weighted by Crippen LogP contribution is -2.31. The Morgan fingerprint density at radius 3 is 2.75 bits per heavy atom. The Balaban J connectivity index is 1.82. The first-order valence-electron chi connectivity index (χ1n) is 9.20. The van der Waals surface area contributed by atoms with Crippen molar-refractivity contribution in [2.75, 3.05) is 18.5 Å². The highest BCUT2D eigenvalue weighted by molar-refractivity contribution is 8.04. The molecule has 3 rings (SSSR count). The van der Waals surface area contributed by atoms with Gasteiger partial charge >= 0.3 is 0 Å². The van der Waals surface area contributed by atoms with Gasteiger partial charge in [-0.05, 0) is 54.3 Å². The van der Waals surface area contributed by atoms with Crippen molar-refractivity contribution < 1.29 is 9.59 Å². The second kappa shape index (κ2) is 8.84. The van der Waals surface area contributed by atoms with E-state index < -0.39 is 0 Å². The molecule has 0 atom stereocenters. The summed E-state index contributed by atoms with van der Waals surface area (Å²) >= 11 is 7.45. The first kappa shape index (κ1) is 20.5. The summed E-state index contributed by atoms with van der Waals surface area (Å²) in [6.45, 7) is 4.89. The average Bonchev–Trinajstić information content (AvgIpc) is 2.65. The molecule has 0 aliphatic carbocycles. The third-order valence-corrected chi connectivity index (χ3v) is 5.78. The molecule has 0 bridgehead atoms. The molecule has 146 valence electrons. The van der Waals surface area contributed by atoms with E-state index in [1.807, 2.05) is 30.3 Å². The number of halogens is 1. The highest BCUT2D eigenvalue weighted by Gasteiger charge is 2.27. The fraction of sp³-hybridized carbons (Fsp3) is 0.273. The molecular formula is C22H23ClN2O2S. The van der Waals surface area contributed by atoms with Crippen LogP contribution in [-0.2, 0) is 4.79 Å². The molecule has 0 spiro atoms. The first-order valence-corrected chi connectivity index (χ1v) is 10.4. The molecule has 6 heteroatoms. The monoisotopic (exact) mass is 414 g/mol. The standard InChI is InChI=1S/C22H23ClN2O2S/c1-14(2)9-10-24-21(26)16-7-8-19-18(13-16)25(3)22(27)20(28-19)12-15-5-4-6-17(23)11-15/h4-8,11-14H,9-10H2,1-3H3,(H,24,26). The molecule has 1 aliphatic rings. The van der Waals surface area contributed by atoms with Crippen molar-refractivity contribution in [1.29, 1.82) is 0 Å². The second-order valence-electron chi connectivity index (χ2n) is 7.15. The Kier molecular flexibility index (Phi) is 6.47. The molecule has 0 saturated carbocycles. The number of likely N-dealkylation sites (N-methyl/N-ethyl adjacent to an activating group) is 1. The molecular weight excluding hydrogens is 392 g/mol. The summed E-state index contributed by atoms with van der Waals surface area (Å²) in [7, 11) is 1.73. The topological polar surface area (TPSA) is 49.4 Å². The van der Waals surface area contributed by atoms with Crippen molar-refractivity contribution >= 4 is 46.9 Å². The smallest absolute Gasteiger partial charge is 0.264 e. The lowest BCUT2D eigenvalue weighted by Gasteiger charge is -2.27. The molecule has 2 aromatic carbocycles. The van der Waals surface area contributed by atoms with Crippen molar-refractivity contribution in [2.24, 2.45) is 5.92 Å². The molecule has 1 N–H and O–H groups in total. The molecule has 2 aromatic rings. The van der Waals surface area contributed by atoms with Crippen LogP contribution in [0.5, 0.6) is 0 Å². The van der Waals surface area contributed by atoms with Gasteiger partial charge in [0.15, 0.2) is 0 Å². The Bertz CT molecular complexity index is 940. The van der Waals surface area contributed by atoms with Crippen molar-refractivity contribution in [3.63, 3.8) is 0 Å². The molecule has 0 fully saturated rings. The van der Waals surface area contributed by atoms with Crippen LogP contribution in [0.3, 0.4) is 0 Å². The van der Waals surface area contributed by atoms with Crippen LogP contribution in [0.25, 0.3) is 6.08 Å². The normalized spacial score (nSPS) is 15.1. The van der Waals surface area contributed by atoms with Gasteiger partial charge in [0.1, 0.15) is 0 Å². The van der Waals surface area contributed by atoms with Gasteiger partial charge in [0.25, 0.3) is 11.8 Å². The largest absolute Gasteiger partial charge is 0.352 e. The van der Waals surface area contributed by atoms with Crippen LogP contribution < -0.4 is 10.2 Å². The van der Waals surface area contributed by atoms with Gasteiger partial charge in [-0.25, -0.2) is 0 Å². The van der Waals surface area contributed by atoms with Crippen LogP contribution in [0.4, 0.5) is 5.69 Å². The van der Waals surface area contributed by atoms with E-state index in [4.69, 9.17) is 11.6 Å². The first-order chi connectivity index (χ1) is 13.3. The van der Waals surface area contributed by atoms with E-state index >= 15 is 0 Å². The third kappa shape index (κ3) is 4.78. The molecule has 0 unspecified atom stereocenters. The number of amides is 2. The molecule has 0 radical (unpaired) electrons. The number of thioether (sulfide) groups is 1. The van der Waals surface area contributed by atoms with Crippen LogP contribution in [0.1, 0.15) is 36.2 Å². The number of hydrogen-bond donors (Lipinski definition) is 1. The van der Waals surface area contributed by atoms with Crippen molar-refractivity contribution in [2.45, 2.75) is 25.2 Å². The highest BCUT2D eigenvalue weighted by atomic mass is 35.5. The van der Waals surface area contributed by atoms with Crippen LogP contribution in [0, 0.1) is 5.92 Å². The Labute approximate surface area is 175 Å². The second-order valence-corrected chi connectivity index (χ2v) is 8.67. The van der Waals surface area contributed by atoms with Gasteiger partial charge < -0.3 is 10.2 Å². The van der Waals surface area contributed by atoms with Crippen LogP contribution in [0.15, 0.2) is 52.3 Å². The lowest BCUT2D eigenvalue weighted by atomic mass is 10.1. The quantitative estimate of drug-likeness (QED) is 0.682. The minimum atomic E-state index is -0.116. The molecule has 28 heavy (non-hydrogen) atoms. The van der Waals surface area contributed by atoms with Crippen molar-refractivity contribution in [3.8, 4) is 0 Å². The average molecular weight is 415 g/mol.